The third-order valence-electron chi connectivity index (χ3n) is 7.62. The lowest BCUT2D eigenvalue weighted by molar-refractivity contribution is -0.127. The minimum absolute atomic E-state index is 0.0103. The first-order chi connectivity index (χ1) is 21.7. The van der Waals surface area contributed by atoms with Crippen molar-refractivity contribution in [2.24, 2.45) is 4.99 Å². The van der Waals surface area contributed by atoms with Crippen LogP contribution in [-0.2, 0) is 11.4 Å². The van der Waals surface area contributed by atoms with Gasteiger partial charge in [-0.2, -0.15) is 0 Å². The Morgan fingerprint density at radius 1 is 1.07 bits per heavy atom. The van der Waals surface area contributed by atoms with Crippen LogP contribution in [0, 0.1) is 5.82 Å². The van der Waals surface area contributed by atoms with E-state index in [0.29, 0.717) is 72.1 Å². The maximum absolute atomic E-state index is 14.2. The van der Waals surface area contributed by atoms with E-state index in [1.54, 1.807) is 59.9 Å². The number of methoxy groups -OCH3 is 2. The molecule has 1 aliphatic heterocycles. The predicted molar refractivity (Wildman–Crippen MR) is 176 cm³/mol. The van der Waals surface area contributed by atoms with Gasteiger partial charge in [-0.05, 0) is 72.6 Å². The van der Waals surface area contributed by atoms with Crippen molar-refractivity contribution in [3.8, 4) is 17.2 Å². The minimum Gasteiger partial charge on any atom is -0.496 e. The van der Waals surface area contributed by atoms with Crippen molar-refractivity contribution in [3.05, 3.63) is 119 Å². The fourth-order valence-electron chi connectivity index (χ4n) is 5.34. The zero-order valence-corrected chi connectivity index (χ0v) is 28.0. The number of halogens is 2. The predicted octanol–water partition coefficient (Wildman–Crippen LogP) is 5.60. The van der Waals surface area contributed by atoms with E-state index in [2.05, 4.69) is 15.9 Å². The molecule has 2 heterocycles. The Morgan fingerprint density at radius 3 is 2.44 bits per heavy atom. The second kappa shape index (κ2) is 13.8. The van der Waals surface area contributed by atoms with Gasteiger partial charge in [0.15, 0.2) is 16.3 Å². The molecule has 0 unspecified atom stereocenters. The van der Waals surface area contributed by atoms with E-state index >= 15 is 0 Å². The van der Waals surface area contributed by atoms with Crippen molar-refractivity contribution in [2.45, 2.75) is 33.4 Å². The summed E-state index contributed by atoms with van der Waals surface area (Å²) in [7, 11) is 3.08. The van der Waals surface area contributed by atoms with Crippen LogP contribution >= 0.6 is 27.3 Å². The average molecular weight is 695 g/mol. The number of nitrogens with zero attached hydrogens (tertiary/aromatic N) is 3. The smallest absolute Gasteiger partial charge is 0.271 e. The van der Waals surface area contributed by atoms with Crippen LogP contribution < -0.4 is 29.1 Å². The summed E-state index contributed by atoms with van der Waals surface area (Å²) in [5.41, 5.74) is 2.47. The van der Waals surface area contributed by atoms with Gasteiger partial charge >= 0.3 is 0 Å². The number of fused-ring (bicyclic) bond motifs is 1. The van der Waals surface area contributed by atoms with Crippen LogP contribution in [0.25, 0.3) is 6.08 Å². The second-order valence-corrected chi connectivity index (χ2v) is 12.1. The van der Waals surface area contributed by atoms with Gasteiger partial charge in [0, 0.05) is 24.2 Å². The Labute approximate surface area is 272 Å². The molecule has 0 N–H and O–H groups in total. The Hall–Kier alpha value is -4.22. The number of thiazole rings is 1. The van der Waals surface area contributed by atoms with Crippen LogP contribution in [0.15, 0.2) is 86.2 Å². The zero-order valence-electron chi connectivity index (χ0n) is 25.6. The van der Waals surface area contributed by atoms with Gasteiger partial charge in [-0.15, -0.1) is 0 Å². The molecule has 1 aromatic heterocycles. The summed E-state index contributed by atoms with van der Waals surface area (Å²) in [5.74, 6) is 0.853. The highest BCUT2D eigenvalue weighted by Crippen LogP contribution is 2.38. The highest BCUT2D eigenvalue weighted by Gasteiger charge is 2.35. The highest BCUT2D eigenvalue weighted by atomic mass is 79.9. The summed E-state index contributed by atoms with van der Waals surface area (Å²) in [6, 6.07) is 16.6. The number of benzene rings is 3. The van der Waals surface area contributed by atoms with Crippen LogP contribution in [-0.4, -0.2) is 42.7 Å². The van der Waals surface area contributed by atoms with E-state index in [4.69, 9.17) is 19.2 Å². The molecule has 234 valence electrons. The lowest BCUT2D eigenvalue weighted by Crippen LogP contribution is -2.43. The second-order valence-electron chi connectivity index (χ2n) is 10.2. The third-order valence-corrected chi connectivity index (χ3v) is 9.19. The summed E-state index contributed by atoms with van der Waals surface area (Å²) in [6.07, 6.45) is 1.75. The fraction of sp³-hybridized carbons (Fsp3) is 0.265. The van der Waals surface area contributed by atoms with Crippen LogP contribution in [0.4, 0.5) is 4.39 Å². The third kappa shape index (κ3) is 6.32. The maximum Gasteiger partial charge on any atom is 0.271 e. The lowest BCUT2D eigenvalue weighted by Gasteiger charge is -2.29. The molecule has 0 radical (unpaired) electrons. The quantitative estimate of drug-likeness (QED) is 0.216. The Morgan fingerprint density at radius 2 is 1.76 bits per heavy atom. The summed E-state index contributed by atoms with van der Waals surface area (Å²) >= 11 is 4.79. The van der Waals surface area contributed by atoms with Gasteiger partial charge in [-0.1, -0.05) is 47.7 Å². The number of allylic oxidation sites excluding steroid dienone is 1. The summed E-state index contributed by atoms with van der Waals surface area (Å²) in [5, 5.41) is 0. The Kier molecular flexibility index (Phi) is 9.89. The number of aromatic nitrogens is 1. The van der Waals surface area contributed by atoms with E-state index in [-0.39, 0.29) is 23.9 Å². The van der Waals surface area contributed by atoms with Crippen molar-refractivity contribution in [2.75, 3.05) is 27.3 Å². The Balaban J connectivity index is 1.62. The molecule has 0 saturated carbocycles. The first kappa shape index (κ1) is 32.2. The molecule has 5 rings (SSSR count). The molecule has 4 aromatic rings. The molecule has 11 heteroatoms. The van der Waals surface area contributed by atoms with Crippen molar-refractivity contribution in [3.63, 3.8) is 0 Å². The first-order valence-corrected chi connectivity index (χ1v) is 16.0. The normalized spacial score (nSPS) is 14.6. The molecule has 0 saturated heterocycles. The number of ether oxygens (including phenoxy) is 3. The SMILES string of the molecule is CCN(CC)C(=O)C1=C(C)N=c2s/c(=C/c3cc(Br)c(OCc4ccccc4F)c(OC)c3)c(=O)n2[C@@H]1c1ccccc1OC. The van der Waals surface area contributed by atoms with Gasteiger partial charge in [0.2, 0.25) is 0 Å². The summed E-state index contributed by atoms with van der Waals surface area (Å²) in [6.45, 7) is 6.70. The standard InChI is InChI=1S/C34H33BrFN3O5S/c1-6-38(7-2)33(41)29-20(3)37-34-39(30(29)23-13-9-11-15-26(23)42-4)32(40)28(45-34)18-21-16-24(35)31(27(17-21)43-5)44-19-22-12-8-10-14-25(22)36/h8-18,30H,6-7,19H2,1-5H3/b28-18+/t30-/m1/s1. The molecule has 0 spiro atoms. The fourth-order valence-corrected chi connectivity index (χ4v) is 6.96. The largest absolute Gasteiger partial charge is 0.496 e. The maximum atomic E-state index is 14.2. The summed E-state index contributed by atoms with van der Waals surface area (Å²) in [4.78, 5) is 35.0. The molecule has 3 aromatic carbocycles. The van der Waals surface area contributed by atoms with Gasteiger partial charge in [0.05, 0.1) is 34.5 Å². The average Bonchev–Trinajstić information content (AvgIpc) is 3.34. The molecule has 1 atom stereocenters. The Bertz CT molecular complexity index is 1960. The van der Waals surface area contributed by atoms with Crippen LogP contribution in [0.1, 0.15) is 43.5 Å². The minimum atomic E-state index is -0.733. The van der Waals surface area contributed by atoms with Crippen molar-refractivity contribution >= 4 is 39.2 Å². The van der Waals surface area contributed by atoms with Crippen molar-refractivity contribution < 1.29 is 23.4 Å². The van der Waals surface area contributed by atoms with Gasteiger partial charge in [0.1, 0.15) is 24.2 Å². The van der Waals surface area contributed by atoms with Crippen molar-refractivity contribution in [1.82, 2.24) is 9.47 Å². The molecular formula is C34H33BrFN3O5S. The van der Waals surface area contributed by atoms with Crippen LogP contribution in [0.3, 0.4) is 0 Å². The number of para-hydroxylation sites is 1. The number of hydrogen-bond donors (Lipinski definition) is 0. The molecule has 1 aliphatic rings. The van der Waals surface area contributed by atoms with Crippen molar-refractivity contribution in [1.29, 1.82) is 0 Å². The number of rotatable bonds is 10. The van der Waals surface area contributed by atoms with Gasteiger partial charge in [-0.3, -0.25) is 14.2 Å². The molecule has 8 nitrogen and oxygen atoms in total. The number of carbonyl (C=O) groups is 1. The lowest BCUT2D eigenvalue weighted by atomic mass is 9.94. The van der Waals surface area contributed by atoms with E-state index < -0.39 is 6.04 Å². The van der Waals surface area contributed by atoms with Gasteiger partial charge in [-0.25, -0.2) is 9.38 Å². The van der Waals surface area contributed by atoms with E-state index in [9.17, 15) is 14.0 Å². The molecule has 0 bridgehead atoms. The molecule has 45 heavy (non-hydrogen) atoms. The van der Waals surface area contributed by atoms with E-state index in [1.807, 2.05) is 38.1 Å². The topological polar surface area (TPSA) is 82.4 Å². The number of carbonyl (C=O) groups excluding carboxylic acids is 1. The monoisotopic (exact) mass is 693 g/mol. The van der Waals surface area contributed by atoms with Crippen LogP contribution in [0.2, 0.25) is 0 Å². The molecule has 0 aliphatic carbocycles. The zero-order chi connectivity index (χ0) is 32.2. The molecule has 1 amide bonds. The van der Waals surface area contributed by atoms with E-state index in [0.717, 1.165) is 0 Å². The summed E-state index contributed by atoms with van der Waals surface area (Å²) < 4.78 is 34.0. The first-order valence-electron chi connectivity index (χ1n) is 14.4. The highest BCUT2D eigenvalue weighted by molar-refractivity contribution is 9.10. The van der Waals surface area contributed by atoms with Gasteiger partial charge in [0.25, 0.3) is 11.5 Å². The number of likely N-dealkylation sites (N-methyl/N-ethyl adjacent to an activating group) is 1. The molecular weight excluding hydrogens is 661 g/mol. The van der Waals surface area contributed by atoms with Crippen LogP contribution in [0.5, 0.6) is 17.2 Å². The van der Waals surface area contributed by atoms with E-state index in [1.165, 1.54) is 24.5 Å². The molecule has 0 fully saturated rings. The number of amides is 1. The number of hydrogen-bond acceptors (Lipinski definition) is 7. The van der Waals surface area contributed by atoms with Gasteiger partial charge < -0.3 is 19.1 Å².